The summed E-state index contributed by atoms with van der Waals surface area (Å²) in [5, 5.41) is 0. The first-order valence-corrected chi connectivity index (χ1v) is 9.05. The van der Waals surface area contributed by atoms with E-state index in [4.69, 9.17) is 4.74 Å². The molecule has 0 N–H and O–H groups in total. The van der Waals surface area contributed by atoms with Crippen LogP contribution in [0.5, 0.6) is 5.75 Å². The van der Waals surface area contributed by atoms with E-state index in [0.717, 1.165) is 50.6 Å². The second kappa shape index (κ2) is 7.38. The third-order valence-corrected chi connectivity index (χ3v) is 5.07. The monoisotopic (exact) mass is 336 g/mol. The Morgan fingerprint density at radius 2 is 1.56 bits per heavy atom. The molecular formula is C21H24N2O2. The maximum absolute atomic E-state index is 12.3. The molecule has 1 saturated heterocycles. The second-order valence-corrected chi connectivity index (χ2v) is 6.93. The van der Waals surface area contributed by atoms with Crippen molar-refractivity contribution in [3.63, 3.8) is 0 Å². The standard InChI is InChI=1S/C21H24N2O2/c24-20-14-18(25-21-9-5-4-8-19(20)21)16-23-12-10-22(11-13-23)15-17-6-2-1-3-7-17/h1-9,18H,10-16H2/t18-/m1/s1. The molecule has 2 heterocycles. The molecule has 0 bridgehead atoms. The van der Waals surface area contributed by atoms with Gasteiger partial charge in [-0.05, 0) is 17.7 Å². The molecule has 1 fully saturated rings. The van der Waals surface area contributed by atoms with Crippen molar-refractivity contribution < 1.29 is 9.53 Å². The van der Waals surface area contributed by atoms with Crippen LogP contribution in [-0.4, -0.2) is 54.4 Å². The van der Waals surface area contributed by atoms with Gasteiger partial charge in [0.15, 0.2) is 5.78 Å². The lowest BCUT2D eigenvalue weighted by molar-refractivity contribution is 0.0622. The van der Waals surface area contributed by atoms with E-state index in [-0.39, 0.29) is 11.9 Å². The number of piperazine rings is 1. The average Bonchev–Trinajstić information content (AvgIpc) is 2.64. The molecule has 0 radical (unpaired) electrons. The minimum absolute atomic E-state index is 0.0249. The Bertz CT molecular complexity index is 724. The van der Waals surface area contributed by atoms with Gasteiger partial charge in [0.25, 0.3) is 0 Å². The van der Waals surface area contributed by atoms with Gasteiger partial charge < -0.3 is 4.74 Å². The smallest absolute Gasteiger partial charge is 0.170 e. The highest BCUT2D eigenvalue weighted by Gasteiger charge is 2.28. The molecule has 2 aliphatic rings. The highest BCUT2D eigenvalue weighted by molar-refractivity contribution is 5.99. The molecule has 130 valence electrons. The Hall–Kier alpha value is -2.17. The Morgan fingerprint density at radius 3 is 2.36 bits per heavy atom. The molecule has 0 aliphatic carbocycles. The summed E-state index contributed by atoms with van der Waals surface area (Å²) in [7, 11) is 0. The first-order valence-electron chi connectivity index (χ1n) is 9.05. The van der Waals surface area contributed by atoms with Gasteiger partial charge in [0.1, 0.15) is 11.9 Å². The fourth-order valence-corrected chi connectivity index (χ4v) is 3.70. The van der Waals surface area contributed by atoms with Gasteiger partial charge in [0.05, 0.1) is 5.56 Å². The third-order valence-electron chi connectivity index (χ3n) is 5.07. The Kier molecular flexibility index (Phi) is 4.81. The summed E-state index contributed by atoms with van der Waals surface area (Å²) in [5.74, 6) is 0.945. The van der Waals surface area contributed by atoms with Gasteiger partial charge >= 0.3 is 0 Å². The summed E-state index contributed by atoms with van der Waals surface area (Å²) in [6.07, 6.45) is 0.462. The Balaban J connectivity index is 1.29. The fraction of sp³-hybridized carbons (Fsp3) is 0.381. The molecule has 4 heteroatoms. The van der Waals surface area contributed by atoms with E-state index in [1.54, 1.807) is 0 Å². The van der Waals surface area contributed by atoms with Crippen LogP contribution in [0.15, 0.2) is 54.6 Å². The number of nitrogens with zero attached hydrogens (tertiary/aromatic N) is 2. The van der Waals surface area contributed by atoms with Crippen molar-refractivity contribution in [2.45, 2.75) is 19.1 Å². The van der Waals surface area contributed by atoms with E-state index in [0.29, 0.717) is 6.42 Å². The minimum Gasteiger partial charge on any atom is -0.488 e. The molecule has 0 unspecified atom stereocenters. The fourth-order valence-electron chi connectivity index (χ4n) is 3.70. The molecule has 2 aromatic rings. The summed E-state index contributed by atoms with van der Waals surface area (Å²) >= 11 is 0. The zero-order valence-electron chi connectivity index (χ0n) is 14.4. The van der Waals surface area contributed by atoms with Crippen molar-refractivity contribution in [3.8, 4) is 5.75 Å². The predicted molar refractivity (Wildman–Crippen MR) is 98.0 cm³/mol. The van der Waals surface area contributed by atoms with Crippen LogP contribution in [0.1, 0.15) is 22.3 Å². The number of benzene rings is 2. The van der Waals surface area contributed by atoms with Crippen LogP contribution >= 0.6 is 0 Å². The summed E-state index contributed by atoms with van der Waals surface area (Å²) in [6, 6.07) is 18.2. The number of para-hydroxylation sites is 1. The number of hydrogen-bond donors (Lipinski definition) is 0. The van der Waals surface area contributed by atoms with E-state index < -0.39 is 0 Å². The number of Topliss-reactive ketones (excluding diaryl/α,β-unsaturated/α-hetero) is 1. The lowest BCUT2D eigenvalue weighted by Crippen LogP contribution is -2.49. The number of fused-ring (bicyclic) bond motifs is 1. The number of ketones is 1. The van der Waals surface area contributed by atoms with Gasteiger partial charge in [-0.2, -0.15) is 0 Å². The SMILES string of the molecule is O=C1C[C@H](CN2CCN(Cc3ccccc3)CC2)Oc2ccccc21. The number of carbonyl (C=O) groups excluding carboxylic acids is 1. The van der Waals surface area contributed by atoms with Gasteiger partial charge in [-0.3, -0.25) is 14.6 Å². The first kappa shape index (κ1) is 16.3. The molecule has 2 aliphatic heterocycles. The summed E-state index contributed by atoms with van der Waals surface area (Å²) in [6.45, 7) is 6.03. The van der Waals surface area contributed by atoms with Crippen LogP contribution in [0.25, 0.3) is 0 Å². The topological polar surface area (TPSA) is 32.8 Å². The maximum atomic E-state index is 12.3. The molecule has 1 atom stereocenters. The van der Waals surface area contributed by atoms with E-state index in [1.807, 2.05) is 24.3 Å². The number of rotatable bonds is 4. The van der Waals surface area contributed by atoms with E-state index >= 15 is 0 Å². The van der Waals surface area contributed by atoms with Crippen LogP contribution in [0.2, 0.25) is 0 Å². The van der Waals surface area contributed by atoms with Crippen molar-refractivity contribution in [3.05, 3.63) is 65.7 Å². The Labute approximate surface area is 149 Å². The van der Waals surface area contributed by atoms with Gasteiger partial charge in [-0.15, -0.1) is 0 Å². The second-order valence-electron chi connectivity index (χ2n) is 6.93. The van der Waals surface area contributed by atoms with Crippen LogP contribution in [0.4, 0.5) is 0 Å². The van der Waals surface area contributed by atoms with Crippen molar-refractivity contribution in [2.75, 3.05) is 32.7 Å². The maximum Gasteiger partial charge on any atom is 0.170 e. The molecule has 25 heavy (non-hydrogen) atoms. The van der Waals surface area contributed by atoms with Crippen molar-refractivity contribution >= 4 is 5.78 Å². The van der Waals surface area contributed by atoms with Gasteiger partial charge in [0.2, 0.25) is 0 Å². The molecule has 0 spiro atoms. The molecule has 2 aromatic carbocycles. The molecule has 0 aromatic heterocycles. The normalized spacial score (nSPS) is 21.6. The lowest BCUT2D eigenvalue weighted by Gasteiger charge is -2.37. The zero-order valence-corrected chi connectivity index (χ0v) is 14.4. The number of hydrogen-bond acceptors (Lipinski definition) is 4. The number of ether oxygens (including phenoxy) is 1. The van der Waals surface area contributed by atoms with Gasteiger partial charge in [-0.1, -0.05) is 42.5 Å². The van der Waals surface area contributed by atoms with Crippen molar-refractivity contribution in [1.82, 2.24) is 9.80 Å². The molecule has 4 rings (SSSR count). The summed E-state index contributed by atoms with van der Waals surface area (Å²) in [5.41, 5.74) is 2.10. The lowest BCUT2D eigenvalue weighted by atomic mass is 10.0. The molecular weight excluding hydrogens is 312 g/mol. The van der Waals surface area contributed by atoms with Crippen molar-refractivity contribution in [2.24, 2.45) is 0 Å². The van der Waals surface area contributed by atoms with E-state index in [9.17, 15) is 4.79 Å². The highest BCUT2D eigenvalue weighted by Crippen LogP contribution is 2.27. The molecule has 0 amide bonds. The minimum atomic E-state index is -0.0249. The van der Waals surface area contributed by atoms with Crippen LogP contribution < -0.4 is 4.74 Å². The quantitative estimate of drug-likeness (QED) is 0.859. The van der Waals surface area contributed by atoms with Crippen molar-refractivity contribution in [1.29, 1.82) is 0 Å². The van der Waals surface area contributed by atoms with Crippen LogP contribution in [0.3, 0.4) is 0 Å². The average molecular weight is 336 g/mol. The third kappa shape index (κ3) is 3.91. The predicted octanol–water partition coefficient (Wildman–Crippen LogP) is 2.84. The van der Waals surface area contributed by atoms with E-state index in [1.165, 1.54) is 5.56 Å². The summed E-state index contributed by atoms with van der Waals surface area (Å²) in [4.78, 5) is 17.2. The molecule has 4 nitrogen and oxygen atoms in total. The highest BCUT2D eigenvalue weighted by atomic mass is 16.5. The largest absolute Gasteiger partial charge is 0.488 e. The Morgan fingerprint density at radius 1 is 0.880 bits per heavy atom. The summed E-state index contributed by atoms with van der Waals surface area (Å²) < 4.78 is 6.05. The van der Waals surface area contributed by atoms with Gasteiger partial charge in [0, 0.05) is 45.7 Å². The molecule has 0 saturated carbocycles. The van der Waals surface area contributed by atoms with E-state index in [2.05, 4.69) is 40.1 Å². The zero-order chi connectivity index (χ0) is 17.1. The van der Waals surface area contributed by atoms with Crippen LogP contribution in [-0.2, 0) is 6.54 Å². The van der Waals surface area contributed by atoms with Gasteiger partial charge in [-0.25, -0.2) is 0 Å². The first-order chi connectivity index (χ1) is 12.3. The van der Waals surface area contributed by atoms with Crippen LogP contribution in [0, 0.1) is 0 Å². The number of carbonyl (C=O) groups is 1.